The molecule has 0 aliphatic heterocycles. The van der Waals surface area contributed by atoms with Gasteiger partial charge in [0.2, 0.25) is 0 Å². The van der Waals surface area contributed by atoms with Gasteiger partial charge < -0.3 is 10.5 Å². The van der Waals surface area contributed by atoms with Gasteiger partial charge in [-0.2, -0.15) is 0 Å². The molecule has 0 radical (unpaired) electrons. The summed E-state index contributed by atoms with van der Waals surface area (Å²) in [4.78, 5) is 0. The summed E-state index contributed by atoms with van der Waals surface area (Å²) < 4.78 is 17.9. The van der Waals surface area contributed by atoms with E-state index >= 15 is 0 Å². The maximum Gasteiger partial charge on any atom is 0.124 e. The molecule has 2 nitrogen and oxygen atoms in total. The molecule has 0 heterocycles. The van der Waals surface area contributed by atoms with Gasteiger partial charge in [-0.25, -0.2) is 0 Å². The molecule has 1 unspecified atom stereocenters. The Bertz CT molecular complexity index is 311. The van der Waals surface area contributed by atoms with Crippen LogP contribution in [0.25, 0.3) is 0 Å². The van der Waals surface area contributed by atoms with E-state index in [0.29, 0.717) is 6.54 Å². The summed E-state index contributed by atoms with van der Waals surface area (Å²) in [7, 11) is 1.64. The monoisotopic (exact) mass is 211 g/mol. The van der Waals surface area contributed by atoms with E-state index in [9.17, 15) is 4.39 Å². The average Bonchev–Trinajstić information content (AvgIpc) is 2.19. The highest BCUT2D eigenvalue weighted by molar-refractivity contribution is 5.44. The molecule has 0 spiro atoms. The van der Waals surface area contributed by atoms with Crippen LogP contribution >= 0.6 is 0 Å². The Labute approximate surface area is 90.2 Å². The van der Waals surface area contributed by atoms with Crippen LogP contribution in [0.1, 0.15) is 22.6 Å². The van der Waals surface area contributed by atoms with E-state index in [1.165, 1.54) is 0 Å². The molecule has 1 atom stereocenters. The number of hydrogen-bond acceptors (Lipinski definition) is 2. The van der Waals surface area contributed by atoms with Crippen molar-refractivity contribution in [3.05, 3.63) is 28.8 Å². The number of aryl methyl sites for hydroxylation is 2. The van der Waals surface area contributed by atoms with Crippen molar-refractivity contribution in [3.8, 4) is 5.75 Å². The molecule has 0 saturated carbocycles. The molecule has 0 aliphatic rings. The third-order valence-corrected chi connectivity index (χ3v) is 2.63. The lowest BCUT2D eigenvalue weighted by Gasteiger charge is -2.15. The third-order valence-electron chi connectivity index (χ3n) is 2.63. The number of nitrogens with two attached hydrogens (primary N) is 1. The topological polar surface area (TPSA) is 35.2 Å². The van der Waals surface area contributed by atoms with E-state index in [1.807, 2.05) is 26.0 Å². The number of hydrogen-bond donors (Lipinski definition) is 1. The Balaban J connectivity index is 3.12. The highest BCUT2D eigenvalue weighted by Crippen LogP contribution is 2.27. The largest absolute Gasteiger partial charge is 0.496 e. The van der Waals surface area contributed by atoms with Crippen molar-refractivity contribution < 1.29 is 9.13 Å². The average molecular weight is 211 g/mol. The van der Waals surface area contributed by atoms with Crippen LogP contribution in [0.5, 0.6) is 5.75 Å². The molecule has 0 aliphatic carbocycles. The first-order chi connectivity index (χ1) is 7.13. The predicted octanol–water partition coefficient (Wildman–Crippen LogP) is 2.32. The number of ether oxygens (including phenoxy) is 1. The summed E-state index contributed by atoms with van der Waals surface area (Å²) >= 11 is 0. The van der Waals surface area contributed by atoms with Gasteiger partial charge in [0.1, 0.15) is 5.75 Å². The van der Waals surface area contributed by atoms with Crippen molar-refractivity contribution in [1.82, 2.24) is 0 Å². The molecule has 0 amide bonds. The van der Waals surface area contributed by atoms with Crippen molar-refractivity contribution in [2.45, 2.75) is 19.8 Å². The van der Waals surface area contributed by atoms with Gasteiger partial charge in [0.25, 0.3) is 0 Å². The van der Waals surface area contributed by atoms with Crippen molar-refractivity contribution >= 4 is 0 Å². The van der Waals surface area contributed by atoms with E-state index < -0.39 is 6.67 Å². The molecule has 0 fully saturated rings. The summed E-state index contributed by atoms with van der Waals surface area (Å²) in [6.45, 7) is 3.84. The smallest absolute Gasteiger partial charge is 0.124 e. The van der Waals surface area contributed by atoms with Gasteiger partial charge in [0, 0.05) is 12.5 Å². The number of alkyl halides is 1. The zero-order valence-electron chi connectivity index (χ0n) is 9.51. The first-order valence-electron chi connectivity index (χ1n) is 5.05. The maximum absolute atomic E-state index is 12.7. The van der Waals surface area contributed by atoms with Crippen LogP contribution in [0.4, 0.5) is 4.39 Å². The lowest BCUT2D eigenvalue weighted by Crippen LogP contribution is -2.14. The molecular formula is C12H18FNO. The van der Waals surface area contributed by atoms with Crippen LogP contribution < -0.4 is 10.5 Å². The lowest BCUT2D eigenvalue weighted by molar-refractivity contribution is 0.406. The SMILES string of the molecule is COc1c(C)cc(C(CN)CF)cc1C. The molecular weight excluding hydrogens is 193 g/mol. The summed E-state index contributed by atoms with van der Waals surface area (Å²) in [5, 5.41) is 0. The number of halogens is 1. The van der Waals surface area contributed by atoms with Gasteiger partial charge in [0.05, 0.1) is 13.8 Å². The minimum absolute atomic E-state index is 0.201. The Morgan fingerprint density at radius 2 is 1.87 bits per heavy atom. The number of methoxy groups -OCH3 is 1. The van der Waals surface area contributed by atoms with E-state index in [-0.39, 0.29) is 5.92 Å². The molecule has 1 rings (SSSR count). The molecule has 2 N–H and O–H groups in total. The Hall–Kier alpha value is -1.09. The Morgan fingerprint density at radius 3 is 2.20 bits per heavy atom. The van der Waals surface area contributed by atoms with Gasteiger partial charge in [-0.05, 0) is 30.5 Å². The van der Waals surface area contributed by atoms with Gasteiger partial charge >= 0.3 is 0 Å². The highest BCUT2D eigenvalue weighted by atomic mass is 19.1. The second-order valence-corrected chi connectivity index (χ2v) is 3.77. The fourth-order valence-corrected chi connectivity index (χ4v) is 1.83. The second-order valence-electron chi connectivity index (χ2n) is 3.77. The number of benzene rings is 1. The molecule has 0 aromatic heterocycles. The van der Waals surface area contributed by atoms with Crippen LogP contribution in [-0.2, 0) is 0 Å². The van der Waals surface area contributed by atoms with Gasteiger partial charge in [-0.15, -0.1) is 0 Å². The summed E-state index contributed by atoms with van der Waals surface area (Å²) in [6.07, 6.45) is 0. The van der Waals surface area contributed by atoms with E-state index in [0.717, 1.165) is 22.4 Å². The minimum Gasteiger partial charge on any atom is -0.496 e. The summed E-state index contributed by atoms with van der Waals surface area (Å²) in [5.74, 6) is 0.668. The molecule has 0 saturated heterocycles. The second kappa shape index (κ2) is 5.12. The normalized spacial score (nSPS) is 12.6. The maximum atomic E-state index is 12.7. The Morgan fingerprint density at radius 1 is 1.33 bits per heavy atom. The van der Waals surface area contributed by atoms with Crippen molar-refractivity contribution in [1.29, 1.82) is 0 Å². The van der Waals surface area contributed by atoms with Gasteiger partial charge in [0.15, 0.2) is 0 Å². The lowest BCUT2D eigenvalue weighted by atomic mass is 9.96. The first kappa shape index (κ1) is 12.0. The Kier molecular flexibility index (Phi) is 4.09. The third kappa shape index (κ3) is 2.48. The standard InChI is InChI=1S/C12H18FNO/c1-8-4-10(11(6-13)7-14)5-9(2)12(8)15-3/h4-5,11H,6-7,14H2,1-3H3. The number of rotatable bonds is 4. The molecule has 1 aromatic rings. The first-order valence-corrected chi connectivity index (χ1v) is 5.05. The van der Waals surface area contributed by atoms with Crippen LogP contribution in [0.15, 0.2) is 12.1 Å². The summed E-state index contributed by atoms with van der Waals surface area (Å²) in [6, 6.07) is 3.89. The molecule has 15 heavy (non-hydrogen) atoms. The highest BCUT2D eigenvalue weighted by Gasteiger charge is 2.12. The molecule has 1 aromatic carbocycles. The van der Waals surface area contributed by atoms with E-state index in [1.54, 1.807) is 7.11 Å². The van der Waals surface area contributed by atoms with Gasteiger partial charge in [-0.3, -0.25) is 4.39 Å². The van der Waals surface area contributed by atoms with Crippen LogP contribution in [-0.4, -0.2) is 20.3 Å². The van der Waals surface area contributed by atoms with Crippen molar-refractivity contribution in [2.24, 2.45) is 5.73 Å². The quantitative estimate of drug-likeness (QED) is 0.829. The molecule has 84 valence electrons. The zero-order valence-corrected chi connectivity index (χ0v) is 9.51. The zero-order chi connectivity index (χ0) is 11.4. The van der Waals surface area contributed by atoms with E-state index in [2.05, 4.69) is 0 Å². The fourth-order valence-electron chi connectivity index (χ4n) is 1.83. The molecule has 3 heteroatoms. The summed E-state index contributed by atoms with van der Waals surface area (Å²) in [5.41, 5.74) is 8.52. The van der Waals surface area contributed by atoms with Gasteiger partial charge in [-0.1, -0.05) is 12.1 Å². The van der Waals surface area contributed by atoms with Crippen LogP contribution in [0.2, 0.25) is 0 Å². The van der Waals surface area contributed by atoms with Crippen LogP contribution in [0.3, 0.4) is 0 Å². The van der Waals surface area contributed by atoms with Crippen molar-refractivity contribution in [2.75, 3.05) is 20.3 Å². The van der Waals surface area contributed by atoms with Crippen LogP contribution in [0, 0.1) is 13.8 Å². The van der Waals surface area contributed by atoms with Crippen molar-refractivity contribution in [3.63, 3.8) is 0 Å². The minimum atomic E-state index is -0.415. The predicted molar refractivity (Wildman–Crippen MR) is 60.2 cm³/mol. The fraction of sp³-hybridized carbons (Fsp3) is 0.500. The molecule has 0 bridgehead atoms. The van der Waals surface area contributed by atoms with E-state index in [4.69, 9.17) is 10.5 Å².